The van der Waals surface area contributed by atoms with E-state index in [0.29, 0.717) is 0 Å². The van der Waals surface area contributed by atoms with E-state index in [1.54, 1.807) is 18.3 Å². The molecular weight excluding hydrogens is 302 g/mol. The lowest BCUT2D eigenvalue weighted by atomic mass is 10.1. The van der Waals surface area contributed by atoms with Crippen LogP contribution in [0.2, 0.25) is 0 Å². The van der Waals surface area contributed by atoms with Crippen molar-refractivity contribution in [1.82, 2.24) is 4.98 Å². The zero-order valence-corrected chi connectivity index (χ0v) is 12.9. The van der Waals surface area contributed by atoms with Crippen LogP contribution in [-0.2, 0) is 0 Å². The lowest BCUT2D eigenvalue weighted by Crippen LogP contribution is -1.99. The van der Waals surface area contributed by atoms with Crippen molar-refractivity contribution in [2.75, 3.05) is 0 Å². The summed E-state index contributed by atoms with van der Waals surface area (Å²) in [4.78, 5) is 19.9. The van der Waals surface area contributed by atoms with Gasteiger partial charge in [0.2, 0.25) is 0 Å². The predicted molar refractivity (Wildman–Crippen MR) is 92.8 cm³/mol. The van der Waals surface area contributed by atoms with Crippen LogP contribution in [0.1, 0.15) is 16.7 Å². The summed E-state index contributed by atoms with van der Waals surface area (Å²) < 4.78 is 0. The van der Waals surface area contributed by atoms with Gasteiger partial charge in [-0.1, -0.05) is 17.7 Å². The molecule has 1 heterocycles. The molecule has 4 rings (SSSR count). The number of rotatable bonds is 2. The number of nitro groups is 1. The third kappa shape index (κ3) is 2.27. The van der Waals surface area contributed by atoms with E-state index in [1.807, 2.05) is 43.3 Å². The molecule has 0 bridgehead atoms. The zero-order chi connectivity index (χ0) is 16.7. The number of non-ortho nitro benzene ring substituents is 1. The molecule has 5 heteroatoms. The second kappa shape index (κ2) is 5.38. The van der Waals surface area contributed by atoms with Gasteiger partial charge in [0.25, 0.3) is 5.69 Å². The Morgan fingerprint density at radius 2 is 1.79 bits per heavy atom. The molecule has 1 aliphatic rings. The number of fused-ring (bicyclic) bond motifs is 3. The Kier molecular flexibility index (Phi) is 3.20. The molecule has 0 N–H and O–H groups in total. The first-order chi connectivity index (χ1) is 11.6. The standard InChI is InChI=1S/C19H13N3O2/c1-12-4-6-13(7-5-12)21-19-16-3-2-10-20-18(16)15-9-8-14(22(23)24)11-17(15)19/h2-11H,1H3. The molecule has 5 nitrogen and oxygen atoms in total. The molecule has 0 radical (unpaired) electrons. The Morgan fingerprint density at radius 3 is 2.54 bits per heavy atom. The van der Waals surface area contributed by atoms with Gasteiger partial charge >= 0.3 is 0 Å². The van der Waals surface area contributed by atoms with Crippen molar-refractivity contribution in [1.29, 1.82) is 0 Å². The van der Waals surface area contributed by atoms with Gasteiger partial charge in [-0.15, -0.1) is 0 Å². The van der Waals surface area contributed by atoms with Crippen LogP contribution in [0.5, 0.6) is 0 Å². The highest BCUT2D eigenvalue weighted by atomic mass is 16.6. The SMILES string of the molecule is Cc1ccc(N=C2c3cc([N+](=O)[O-])ccc3-c3ncccc32)cc1. The van der Waals surface area contributed by atoms with Crippen LogP contribution in [0.15, 0.2) is 65.8 Å². The van der Waals surface area contributed by atoms with Crippen molar-refractivity contribution in [2.45, 2.75) is 6.92 Å². The van der Waals surface area contributed by atoms with E-state index in [2.05, 4.69) is 4.98 Å². The van der Waals surface area contributed by atoms with Crippen molar-refractivity contribution in [3.05, 3.63) is 87.6 Å². The molecule has 0 saturated carbocycles. The van der Waals surface area contributed by atoms with Crippen molar-refractivity contribution in [3.8, 4) is 11.3 Å². The first kappa shape index (κ1) is 14.3. The molecule has 0 spiro atoms. The fourth-order valence-electron chi connectivity index (χ4n) is 2.87. The molecule has 2 aromatic carbocycles. The molecular formula is C19H13N3O2. The van der Waals surface area contributed by atoms with Crippen molar-refractivity contribution >= 4 is 17.1 Å². The lowest BCUT2D eigenvalue weighted by Gasteiger charge is -2.02. The topological polar surface area (TPSA) is 68.4 Å². The van der Waals surface area contributed by atoms with E-state index in [4.69, 9.17) is 4.99 Å². The summed E-state index contributed by atoms with van der Waals surface area (Å²) in [6.07, 6.45) is 1.72. The number of pyridine rings is 1. The van der Waals surface area contributed by atoms with Crippen LogP contribution in [0.25, 0.3) is 11.3 Å². The van der Waals surface area contributed by atoms with Crippen LogP contribution < -0.4 is 0 Å². The maximum Gasteiger partial charge on any atom is 0.270 e. The highest BCUT2D eigenvalue weighted by molar-refractivity contribution is 6.24. The number of aromatic nitrogens is 1. The molecule has 24 heavy (non-hydrogen) atoms. The first-order valence-electron chi connectivity index (χ1n) is 7.53. The van der Waals surface area contributed by atoms with Crippen LogP contribution >= 0.6 is 0 Å². The maximum absolute atomic E-state index is 11.1. The molecule has 0 atom stereocenters. The average molecular weight is 315 g/mol. The van der Waals surface area contributed by atoms with Gasteiger partial charge in [-0.25, -0.2) is 4.99 Å². The predicted octanol–water partition coefficient (Wildman–Crippen LogP) is 4.45. The number of hydrogen-bond donors (Lipinski definition) is 0. The molecule has 0 fully saturated rings. The molecule has 0 unspecified atom stereocenters. The fourth-order valence-corrected chi connectivity index (χ4v) is 2.87. The number of hydrogen-bond acceptors (Lipinski definition) is 4. The van der Waals surface area contributed by atoms with Gasteiger partial charge in [-0.05, 0) is 37.3 Å². The highest BCUT2D eigenvalue weighted by Gasteiger charge is 2.27. The number of aliphatic imine (C=N–C) groups is 1. The van der Waals surface area contributed by atoms with Crippen molar-refractivity contribution in [3.63, 3.8) is 0 Å². The van der Waals surface area contributed by atoms with Crippen LogP contribution in [0.3, 0.4) is 0 Å². The normalized spacial score (nSPS) is 13.6. The summed E-state index contributed by atoms with van der Waals surface area (Å²) in [7, 11) is 0. The monoisotopic (exact) mass is 315 g/mol. The summed E-state index contributed by atoms with van der Waals surface area (Å²) >= 11 is 0. The van der Waals surface area contributed by atoms with Crippen molar-refractivity contribution in [2.24, 2.45) is 4.99 Å². The number of aryl methyl sites for hydroxylation is 1. The van der Waals surface area contributed by atoms with Gasteiger partial charge in [-0.3, -0.25) is 15.1 Å². The van der Waals surface area contributed by atoms with Gasteiger partial charge < -0.3 is 0 Å². The van der Waals surface area contributed by atoms with E-state index in [0.717, 1.165) is 39.3 Å². The quantitative estimate of drug-likeness (QED) is 0.405. The highest BCUT2D eigenvalue weighted by Crippen LogP contribution is 2.38. The van der Waals surface area contributed by atoms with Gasteiger partial charge in [-0.2, -0.15) is 0 Å². The summed E-state index contributed by atoms with van der Waals surface area (Å²) in [5.74, 6) is 0. The van der Waals surface area contributed by atoms with E-state index < -0.39 is 0 Å². The Labute approximate surface area is 138 Å². The van der Waals surface area contributed by atoms with E-state index >= 15 is 0 Å². The first-order valence-corrected chi connectivity index (χ1v) is 7.53. The summed E-state index contributed by atoms with van der Waals surface area (Å²) in [5.41, 5.74) is 6.08. The van der Waals surface area contributed by atoms with Crippen LogP contribution in [0, 0.1) is 17.0 Å². The Morgan fingerprint density at radius 1 is 1.00 bits per heavy atom. The van der Waals surface area contributed by atoms with Crippen molar-refractivity contribution < 1.29 is 4.92 Å². The summed E-state index contributed by atoms with van der Waals surface area (Å²) in [5, 5.41) is 11.1. The van der Waals surface area contributed by atoms with Gasteiger partial charge in [0.1, 0.15) is 0 Å². The Balaban J connectivity index is 1.95. The molecule has 1 aromatic heterocycles. The van der Waals surface area contributed by atoms with Gasteiger partial charge in [0, 0.05) is 35.0 Å². The van der Waals surface area contributed by atoms with E-state index in [-0.39, 0.29) is 10.6 Å². The summed E-state index contributed by atoms with van der Waals surface area (Å²) in [6.45, 7) is 2.02. The number of nitro benzene ring substituents is 1. The lowest BCUT2D eigenvalue weighted by molar-refractivity contribution is -0.384. The smallest absolute Gasteiger partial charge is 0.258 e. The maximum atomic E-state index is 11.1. The second-order valence-corrected chi connectivity index (χ2v) is 5.68. The van der Waals surface area contributed by atoms with Crippen LogP contribution in [-0.4, -0.2) is 15.6 Å². The minimum atomic E-state index is -0.389. The Hall–Kier alpha value is -3.34. The Bertz CT molecular complexity index is 992. The molecule has 0 saturated heterocycles. The minimum absolute atomic E-state index is 0.0539. The average Bonchev–Trinajstić information content (AvgIpc) is 2.90. The van der Waals surface area contributed by atoms with E-state index in [1.165, 1.54) is 6.07 Å². The number of benzene rings is 2. The number of nitrogens with zero attached hydrogens (tertiary/aromatic N) is 3. The molecule has 3 aromatic rings. The molecule has 0 amide bonds. The summed E-state index contributed by atoms with van der Waals surface area (Å²) in [6, 6.07) is 16.5. The largest absolute Gasteiger partial charge is 0.270 e. The zero-order valence-electron chi connectivity index (χ0n) is 12.9. The third-order valence-electron chi connectivity index (χ3n) is 4.06. The minimum Gasteiger partial charge on any atom is -0.258 e. The van der Waals surface area contributed by atoms with Gasteiger partial charge in [0.15, 0.2) is 0 Å². The fraction of sp³-hybridized carbons (Fsp3) is 0.0526. The van der Waals surface area contributed by atoms with Gasteiger partial charge in [0.05, 0.1) is 22.0 Å². The molecule has 0 aliphatic heterocycles. The van der Waals surface area contributed by atoms with Crippen LogP contribution in [0.4, 0.5) is 11.4 Å². The van der Waals surface area contributed by atoms with E-state index in [9.17, 15) is 10.1 Å². The third-order valence-corrected chi connectivity index (χ3v) is 4.06. The second-order valence-electron chi connectivity index (χ2n) is 5.68. The molecule has 116 valence electrons. The molecule has 1 aliphatic carbocycles.